The molecule has 0 bridgehead atoms. The molecule has 2 amide bonds. The van der Waals surface area contributed by atoms with E-state index in [4.69, 9.17) is 15.9 Å². The number of nitrogens with zero attached hydrogens (tertiary/aromatic N) is 1. The Morgan fingerprint density at radius 1 is 1.26 bits per heavy atom. The Morgan fingerprint density at radius 2 is 2.04 bits per heavy atom. The van der Waals surface area contributed by atoms with Gasteiger partial charge in [0.15, 0.2) is 11.5 Å². The standard InChI is InChI=1S/C21H21NO4S/c1-5-9-16-12-15(13-17(25-8-4)19(16)26-11-7-3)14-18-20(23)22(10-6-2)21(24)27-18/h3,5-6,12-14H,1-2,8-11H2,4H3. The lowest BCUT2D eigenvalue weighted by Gasteiger charge is -2.15. The van der Waals surface area contributed by atoms with Crippen molar-refractivity contribution in [2.75, 3.05) is 19.8 Å². The van der Waals surface area contributed by atoms with Gasteiger partial charge in [0.25, 0.3) is 11.1 Å². The number of carbonyl (C=O) groups is 2. The smallest absolute Gasteiger partial charge is 0.293 e. The summed E-state index contributed by atoms with van der Waals surface area (Å²) in [7, 11) is 0. The number of ether oxygens (including phenoxy) is 2. The second-order valence-corrected chi connectivity index (χ2v) is 6.50. The van der Waals surface area contributed by atoms with Crippen LogP contribution in [0.4, 0.5) is 4.79 Å². The summed E-state index contributed by atoms with van der Waals surface area (Å²) in [5.74, 6) is 3.20. The van der Waals surface area contributed by atoms with E-state index in [0.717, 1.165) is 27.8 Å². The van der Waals surface area contributed by atoms with Crippen molar-refractivity contribution in [2.24, 2.45) is 0 Å². The largest absolute Gasteiger partial charge is 0.490 e. The first-order valence-electron chi connectivity index (χ1n) is 8.38. The Labute approximate surface area is 163 Å². The highest BCUT2D eigenvalue weighted by atomic mass is 32.2. The number of hydrogen-bond donors (Lipinski definition) is 0. The van der Waals surface area contributed by atoms with Gasteiger partial charge in [0, 0.05) is 12.1 Å². The fourth-order valence-electron chi connectivity index (χ4n) is 2.55. The number of rotatable bonds is 9. The number of thioether (sulfide) groups is 1. The SMILES string of the molecule is C#CCOc1c(CC=C)cc(C=C2SC(=O)N(CC=C)C2=O)cc1OCC. The van der Waals surface area contributed by atoms with Gasteiger partial charge in [0.05, 0.1) is 11.5 Å². The van der Waals surface area contributed by atoms with E-state index in [-0.39, 0.29) is 24.3 Å². The highest BCUT2D eigenvalue weighted by Gasteiger charge is 2.34. The van der Waals surface area contributed by atoms with Gasteiger partial charge in [-0.05, 0) is 48.9 Å². The molecule has 1 aromatic rings. The van der Waals surface area contributed by atoms with Crippen molar-refractivity contribution in [3.8, 4) is 23.8 Å². The minimum Gasteiger partial charge on any atom is -0.490 e. The minimum absolute atomic E-state index is 0.115. The number of terminal acetylenes is 1. The van der Waals surface area contributed by atoms with Gasteiger partial charge in [-0.1, -0.05) is 18.1 Å². The average molecular weight is 383 g/mol. The van der Waals surface area contributed by atoms with Crippen molar-refractivity contribution in [1.29, 1.82) is 0 Å². The van der Waals surface area contributed by atoms with E-state index < -0.39 is 0 Å². The van der Waals surface area contributed by atoms with Crippen LogP contribution in [0.5, 0.6) is 11.5 Å². The molecule has 5 nitrogen and oxygen atoms in total. The molecule has 0 aromatic heterocycles. The monoisotopic (exact) mass is 383 g/mol. The number of carbonyl (C=O) groups excluding carboxylic acids is 2. The van der Waals surface area contributed by atoms with Crippen molar-refractivity contribution >= 4 is 29.0 Å². The Morgan fingerprint density at radius 3 is 2.67 bits per heavy atom. The molecule has 1 aliphatic heterocycles. The summed E-state index contributed by atoms with van der Waals surface area (Å²) in [6.07, 6.45) is 10.8. The fourth-order valence-corrected chi connectivity index (χ4v) is 3.40. The maximum absolute atomic E-state index is 12.4. The zero-order valence-corrected chi connectivity index (χ0v) is 16.0. The Balaban J connectivity index is 2.46. The quantitative estimate of drug-likeness (QED) is 0.366. The second-order valence-electron chi connectivity index (χ2n) is 5.51. The molecule has 6 heteroatoms. The number of hydrogen-bond acceptors (Lipinski definition) is 5. The van der Waals surface area contributed by atoms with Crippen molar-refractivity contribution in [3.63, 3.8) is 0 Å². The van der Waals surface area contributed by atoms with Crippen molar-refractivity contribution in [1.82, 2.24) is 4.90 Å². The van der Waals surface area contributed by atoms with E-state index >= 15 is 0 Å². The molecule has 2 rings (SSSR count). The van der Waals surface area contributed by atoms with E-state index in [1.807, 2.05) is 13.0 Å². The molecular formula is C21H21NO4S. The summed E-state index contributed by atoms with van der Waals surface area (Å²) >= 11 is 0.905. The molecule has 1 heterocycles. The van der Waals surface area contributed by atoms with Gasteiger partial charge in [-0.25, -0.2) is 0 Å². The van der Waals surface area contributed by atoms with E-state index in [9.17, 15) is 9.59 Å². The average Bonchev–Trinajstić information content (AvgIpc) is 2.89. The summed E-state index contributed by atoms with van der Waals surface area (Å²) in [6, 6.07) is 3.64. The van der Waals surface area contributed by atoms with Crippen LogP contribution in [0.15, 0.2) is 42.3 Å². The van der Waals surface area contributed by atoms with Gasteiger partial charge < -0.3 is 9.47 Å². The van der Waals surface area contributed by atoms with E-state index in [0.29, 0.717) is 29.4 Å². The van der Waals surface area contributed by atoms with Crippen LogP contribution in [0.1, 0.15) is 18.1 Å². The molecule has 1 saturated heterocycles. The molecule has 1 aromatic carbocycles. The first-order valence-corrected chi connectivity index (χ1v) is 9.20. The van der Waals surface area contributed by atoms with Crippen LogP contribution >= 0.6 is 11.8 Å². The van der Waals surface area contributed by atoms with Gasteiger partial charge in [-0.3, -0.25) is 14.5 Å². The maximum atomic E-state index is 12.4. The molecule has 27 heavy (non-hydrogen) atoms. The van der Waals surface area contributed by atoms with Crippen LogP contribution in [-0.4, -0.2) is 35.8 Å². The molecular weight excluding hydrogens is 362 g/mol. The summed E-state index contributed by atoms with van der Waals surface area (Å²) in [6.45, 7) is 9.95. The molecule has 140 valence electrons. The lowest BCUT2D eigenvalue weighted by molar-refractivity contribution is -0.122. The van der Waals surface area contributed by atoms with Gasteiger partial charge in [0.2, 0.25) is 0 Å². The third kappa shape index (κ3) is 4.83. The van der Waals surface area contributed by atoms with Crippen molar-refractivity contribution < 1.29 is 19.1 Å². The summed E-state index contributed by atoms with van der Waals surface area (Å²) in [4.78, 5) is 25.9. The van der Waals surface area contributed by atoms with Crippen molar-refractivity contribution in [2.45, 2.75) is 13.3 Å². The van der Waals surface area contributed by atoms with Gasteiger partial charge in [0.1, 0.15) is 6.61 Å². The molecule has 1 fully saturated rings. The van der Waals surface area contributed by atoms with Gasteiger partial charge in [-0.15, -0.1) is 19.6 Å². The van der Waals surface area contributed by atoms with Crippen LogP contribution in [0.2, 0.25) is 0 Å². The van der Waals surface area contributed by atoms with Crippen molar-refractivity contribution in [3.05, 3.63) is 53.5 Å². The molecule has 0 saturated carbocycles. The highest BCUT2D eigenvalue weighted by molar-refractivity contribution is 8.18. The zero-order chi connectivity index (χ0) is 19.8. The second kappa shape index (κ2) is 9.70. The van der Waals surface area contributed by atoms with Crippen LogP contribution < -0.4 is 9.47 Å². The number of amides is 2. The third-order valence-electron chi connectivity index (χ3n) is 3.60. The summed E-state index contributed by atoms with van der Waals surface area (Å²) in [5, 5.41) is -0.309. The van der Waals surface area contributed by atoms with E-state index in [1.54, 1.807) is 18.2 Å². The molecule has 1 aliphatic rings. The lowest BCUT2D eigenvalue weighted by Crippen LogP contribution is -2.27. The molecule has 0 spiro atoms. The summed E-state index contributed by atoms with van der Waals surface area (Å²) in [5.41, 5.74) is 1.57. The Kier molecular flexibility index (Phi) is 7.33. The molecule has 0 N–H and O–H groups in total. The molecule has 0 radical (unpaired) electrons. The first-order chi connectivity index (χ1) is 13.0. The van der Waals surface area contributed by atoms with E-state index in [1.165, 1.54) is 6.08 Å². The number of imide groups is 1. The van der Waals surface area contributed by atoms with Gasteiger partial charge in [-0.2, -0.15) is 0 Å². The fraction of sp³-hybridized carbons (Fsp3) is 0.238. The first kappa shape index (κ1) is 20.4. The molecule has 0 unspecified atom stereocenters. The van der Waals surface area contributed by atoms with E-state index in [2.05, 4.69) is 19.1 Å². The van der Waals surface area contributed by atoms with Crippen LogP contribution in [-0.2, 0) is 11.2 Å². The van der Waals surface area contributed by atoms with Crippen LogP contribution in [0, 0.1) is 12.3 Å². The summed E-state index contributed by atoms with van der Waals surface area (Å²) < 4.78 is 11.4. The molecule has 0 aliphatic carbocycles. The van der Waals surface area contributed by atoms with Gasteiger partial charge >= 0.3 is 0 Å². The van der Waals surface area contributed by atoms with Crippen LogP contribution in [0.25, 0.3) is 6.08 Å². The van der Waals surface area contributed by atoms with Crippen LogP contribution in [0.3, 0.4) is 0 Å². The number of benzene rings is 1. The lowest BCUT2D eigenvalue weighted by atomic mass is 10.0. The highest BCUT2D eigenvalue weighted by Crippen LogP contribution is 2.37. The Hall–Kier alpha value is -2.91. The Bertz CT molecular complexity index is 835. The molecule has 0 atom stereocenters. The minimum atomic E-state index is -0.333. The maximum Gasteiger partial charge on any atom is 0.293 e. The predicted octanol–water partition coefficient (Wildman–Crippen LogP) is 4.05. The third-order valence-corrected chi connectivity index (χ3v) is 4.51. The predicted molar refractivity (Wildman–Crippen MR) is 109 cm³/mol. The topological polar surface area (TPSA) is 55.8 Å². The number of allylic oxidation sites excluding steroid dienone is 1. The normalized spacial score (nSPS) is 15.0. The zero-order valence-electron chi connectivity index (χ0n) is 15.2.